The number of ether oxygens (including phenoxy) is 2. The van der Waals surface area contributed by atoms with E-state index in [1.165, 1.54) is 23.5 Å². The highest BCUT2D eigenvalue weighted by Crippen LogP contribution is 2.27. The minimum Gasteiger partial charge on any atom is -0.465 e. The largest absolute Gasteiger partial charge is 0.465 e. The minimum atomic E-state index is -3.86. The lowest BCUT2D eigenvalue weighted by Gasteiger charge is -2.34. The van der Waals surface area contributed by atoms with Crippen LogP contribution in [-0.2, 0) is 24.3 Å². The summed E-state index contributed by atoms with van der Waals surface area (Å²) in [5.41, 5.74) is 0.0133. The number of nitrogens with zero attached hydrogens (tertiary/aromatic N) is 2. The molecular weight excluding hydrogens is 408 g/mol. The molecule has 30 heavy (non-hydrogen) atoms. The van der Waals surface area contributed by atoms with Gasteiger partial charge in [-0.25, -0.2) is 13.2 Å². The van der Waals surface area contributed by atoms with E-state index in [9.17, 15) is 18.0 Å². The Balaban J connectivity index is 1.61. The summed E-state index contributed by atoms with van der Waals surface area (Å²) in [5, 5.41) is 0. The maximum atomic E-state index is 13.1. The van der Waals surface area contributed by atoms with E-state index in [4.69, 9.17) is 9.47 Å². The van der Waals surface area contributed by atoms with Gasteiger partial charge in [0.15, 0.2) is 0 Å². The van der Waals surface area contributed by atoms with Crippen LogP contribution < -0.4 is 0 Å². The Morgan fingerprint density at radius 3 is 2.47 bits per heavy atom. The normalized spacial score (nSPS) is 21.9. The van der Waals surface area contributed by atoms with Crippen LogP contribution >= 0.6 is 0 Å². The summed E-state index contributed by atoms with van der Waals surface area (Å²) in [5.74, 6) is -1.23. The topological polar surface area (TPSA) is 93.2 Å². The lowest BCUT2D eigenvalue weighted by molar-refractivity contribution is -0.158. The van der Waals surface area contributed by atoms with Crippen LogP contribution in [0.2, 0.25) is 0 Å². The van der Waals surface area contributed by atoms with Gasteiger partial charge in [-0.15, -0.1) is 0 Å². The van der Waals surface area contributed by atoms with Crippen LogP contribution in [0.3, 0.4) is 0 Å². The summed E-state index contributed by atoms with van der Waals surface area (Å²) in [6.07, 6.45) is 2.62. The van der Waals surface area contributed by atoms with Gasteiger partial charge in [-0.05, 0) is 50.9 Å². The first-order valence-corrected chi connectivity index (χ1v) is 11.9. The predicted molar refractivity (Wildman–Crippen MR) is 110 cm³/mol. The maximum absolute atomic E-state index is 13.1. The average molecular weight is 439 g/mol. The SMILES string of the molecule is CCN1CCCC(OC(=O)C2CCN(S(=O)(=O)c3ccccc3C(=O)OC)CC2)C1. The molecule has 2 fully saturated rings. The number of carbonyl (C=O) groups is 2. The number of rotatable bonds is 6. The molecule has 9 heteroatoms. The third-order valence-corrected chi connectivity index (χ3v) is 7.85. The fourth-order valence-corrected chi connectivity index (χ4v) is 5.75. The summed E-state index contributed by atoms with van der Waals surface area (Å²) >= 11 is 0. The van der Waals surface area contributed by atoms with E-state index >= 15 is 0 Å². The van der Waals surface area contributed by atoms with E-state index in [-0.39, 0.29) is 41.5 Å². The first kappa shape index (κ1) is 22.7. The van der Waals surface area contributed by atoms with Crippen LogP contribution in [0.5, 0.6) is 0 Å². The smallest absolute Gasteiger partial charge is 0.339 e. The lowest BCUT2D eigenvalue weighted by atomic mass is 9.98. The molecule has 0 spiro atoms. The van der Waals surface area contributed by atoms with Gasteiger partial charge in [0.05, 0.1) is 23.5 Å². The Hall–Kier alpha value is -1.97. The fourth-order valence-electron chi connectivity index (χ4n) is 4.10. The Morgan fingerprint density at radius 2 is 1.80 bits per heavy atom. The molecule has 166 valence electrons. The van der Waals surface area contributed by atoms with Crippen molar-refractivity contribution in [3.05, 3.63) is 29.8 Å². The van der Waals surface area contributed by atoms with Crippen molar-refractivity contribution in [2.45, 2.75) is 43.6 Å². The summed E-state index contributed by atoms with van der Waals surface area (Å²) in [4.78, 5) is 26.8. The quantitative estimate of drug-likeness (QED) is 0.626. The summed E-state index contributed by atoms with van der Waals surface area (Å²) in [6, 6.07) is 6.02. The fraction of sp³-hybridized carbons (Fsp3) is 0.619. The highest BCUT2D eigenvalue weighted by molar-refractivity contribution is 7.89. The Morgan fingerprint density at radius 1 is 1.10 bits per heavy atom. The number of esters is 2. The van der Waals surface area contributed by atoms with Crippen molar-refractivity contribution < 1.29 is 27.5 Å². The molecule has 0 amide bonds. The molecule has 1 atom stereocenters. The number of piperidine rings is 2. The van der Waals surface area contributed by atoms with Gasteiger partial charge in [-0.3, -0.25) is 9.69 Å². The Bertz CT molecular complexity index is 864. The van der Waals surface area contributed by atoms with Crippen LogP contribution in [0.1, 0.15) is 43.0 Å². The van der Waals surface area contributed by atoms with E-state index < -0.39 is 16.0 Å². The number of hydrogen-bond donors (Lipinski definition) is 0. The van der Waals surface area contributed by atoms with Crippen LogP contribution in [-0.4, -0.2) is 75.5 Å². The zero-order valence-corrected chi connectivity index (χ0v) is 18.4. The third kappa shape index (κ3) is 5.01. The monoisotopic (exact) mass is 438 g/mol. The molecule has 2 heterocycles. The maximum Gasteiger partial charge on any atom is 0.339 e. The lowest BCUT2D eigenvalue weighted by Crippen LogP contribution is -2.44. The Kier molecular flexibility index (Phi) is 7.49. The van der Waals surface area contributed by atoms with E-state index in [0.29, 0.717) is 12.8 Å². The first-order valence-electron chi connectivity index (χ1n) is 10.5. The highest BCUT2D eigenvalue weighted by Gasteiger charge is 2.35. The first-order chi connectivity index (χ1) is 14.4. The van der Waals surface area contributed by atoms with Gasteiger partial charge in [-0.2, -0.15) is 4.31 Å². The minimum absolute atomic E-state index is 0.0133. The molecule has 0 saturated carbocycles. The molecule has 0 N–H and O–H groups in total. The molecule has 3 rings (SSSR count). The summed E-state index contributed by atoms with van der Waals surface area (Å²) in [6.45, 7) is 5.26. The van der Waals surface area contributed by atoms with Crippen LogP contribution in [0.4, 0.5) is 0 Å². The molecule has 0 bridgehead atoms. The van der Waals surface area contributed by atoms with Gasteiger partial charge < -0.3 is 9.47 Å². The number of likely N-dealkylation sites (tertiary alicyclic amines) is 1. The number of methoxy groups -OCH3 is 1. The average Bonchev–Trinajstić information content (AvgIpc) is 2.78. The van der Waals surface area contributed by atoms with Crippen molar-refractivity contribution in [1.29, 1.82) is 0 Å². The molecule has 8 nitrogen and oxygen atoms in total. The number of likely N-dealkylation sites (N-methyl/N-ethyl adjacent to an activating group) is 1. The van der Waals surface area contributed by atoms with Crippen molar-refractivity contribution >= 4 is 22.0 Å². The molecule has 1 aromatic rings. The van der Waals surface area contributed by atoms with E-state index in [1.807, 2.05) is 0 Å². The highest BCUT2D eigenvalue weighted by atomic mass is 32.2. The second-order valence-electron chi connectivity index (χ2n) is 7.76. The van der Waals surface area contributed by atoms with Gasteiger partial charge in [-0.1, -0.05) is 19.1 Å². The number of benzene rings is 1. The third-order valence-electron chi connectivity index (χ3n) is 5.89. The molecular formula is C21H30N2O6S. The van der Waals surface area contributed by atoms with Crippen molar-refractivity contribution in [3.8, 4) is 0 Å². The second-order valence-corrected chi connectivity index (χ2v) is 9.67. The molecule has 1 aromatic carbocycles. The predicted octanol–water partition coefficient (Wildman–Crippen LogP) is 1.90. The van der Waals surface area contributed by atoms with Gasteiger partial charge in [0.25, 0.3) is 0 Å². The van der Waals surface area contributed by atoms with Gasteiger partial charge in [0, 0.05) is 19.6 Å². The summed E-state index contributed by atoms with van der Waals surface area (Å²) < 4.78 is 37.9. The zero-order chi connectivity index (χ0) is 21.7. The molecule has 0 aromatic heterocycles. The molecule has 0 aliphatic carbocycles. The van der Waals surface area contributed by atoms with Crippen molar-refractivity contribution in [3.63, 3.8) is 0 Å². The molecule has 2 aliphatic heterocycles. The van der Waals surface area contributed by atoms with Crippen molar-refractivity contribution in [2.24, 2.45) is 5.92 Å². The Labute approximate surface area is 178 Å². The van der Waals surface area contributed by atoms with Gasteiger partial charge >= 0.3 is 11.9 Å². The standard InChI is InChI=1S/C21H30N2O6S/c1-3-22-12-6-7-17(15-22)29-20(24)16-10-13-23(14-11-16)30(26,27)19-9-5-4-8-18(19)21(25)28-2/h4-5,8-9,16-17H,3,6-7,10-15H2,1-2H3. The van der Waals surface area contributed by atoms with Crippen molar-refractivity contribution in [2.75, 3.05) is 39.8 Å². The van der Waals surface area contributed by atoms with Gasteiger partial charge in [0.2, 0.25) is 10.0 Å². The van der Waals surface area contributed by atoms with Crippen LogP contribution in [0.15, 0.2) is 29.2 Å². The second kappa shape index (κ2) is 9.89. The summed E-state index contributed by atoms with van der Waals surface area (Å²) in [7, 11) is -2.64. The van der Waals surface area contributed by atoms with Gasteiger partial charge in [0.1, 0.15) is 6.10 Å². The van der Waals surface area contributed by atoms with E-state index in [0.717, 1.165) is 32.5 Å². The number of hydrogen-bond acceptors (Lipinski definition) is 7. The number of sulfonamides is 1. The van der Waals surface area contributed by atoms with E-state index in [2.05, 4.69) is 11.8 Å². The molecule has 2 saturated heterocycles. The van der Waals surface area contributed by atoms with Crippen LogP contribution in [0, 0.1) is 5.92 Å². The number of carbonyl (C=O) groups excluding carboxylic acids is 2. The molecule has 2 aliphatic rings. The van der Waals surface area contributed by atoms with Crippen molar-refractivity contribution in [1.82, 2.24) is 9.21 Å². The van der Waals surface area contributed by atoms with E-state index in [1.54, 1.807) is 12.1 Å². The molecule has 0 radical (unpaired) electrons. The van der Waals surface area contributed by atoms with Crippen LogP contribution in [0.25, 0.3) is 0 Å². The zero-order valence-electron chi connectivity index (χ0n) is 17.6. The molecule has 1 unspecified atom stereocenters.